The zero-order valence-corrected chi connectivity index (χ0v) is 20.2. The number of hydrogen-bond donors (Lipinski definition) is 0. The zero-order chi connectivity index (χ0) is 24.8. The molecular formula is C29H29NO5. The van der Waals surface area contributed by atoms with E-state index in [1.54, 1.807) is 20.3 Å². The molecule has 1 aliphatic rings. The third-order valence-corrected chi connectivity index (χ3v) is 6.80. The molecule has 0 aliphatic heterocycles. The number of ketones is 1. The van der Waals surface area contributed by atoms with Crippen molar-refractivity contribution < 1.29 is 23.9 Å². The number of aryl methyl sites for hydroxylation is 1. The first kappa shape index (κ1) is 24.5. The predicted molar refractivity (Wildman–Crippen MR) is 135 cm³/mol. The van der Waals surface area contributed by atoms with E-state index < -0.39 is 0 Å². The molecule has 0 amide bonds. The highest BCUT2D eigenvalue weighted by Gasteiger charge is 2.43. The van der Waals surface area contributed by atoms with Gasteiger partial charge in [0, 0.05) is 44.0 Å². The lowest BCUT2D eigenvalue weighted by molar-refractivity contribution is -0.128. The Bertz CT molecular complexity index is 1260. The highest BCUT2D eigenvalue weighted by atomic mass is 16.7. The van der Waals surface area contributed by atoms with E-state index in [-0.39, 0.29) is 23.4 Å². The van der Waals surface area contributed by atoms with Crippen LogP contribution in [-0.4, -0.2) is 45.4 Å². The molecule has 0 bridgehead atoms. The van der Waals surface area contributed by atoms with Crippen LogP contribution >= 0.6 is 0 Å². The van der Waals surface area contributed by atoms with Crippen LogP contribution in [0.15, 0.2) is 71.9 Å². The third kappa shape index (κ3) is 4.55. The van der Waals surface area contributed by atoms with Gasteiger partial charge in [0.05, 0.1) is 0 Å². The van der Waals surface area contributed by atoms with Crippen LogP contribution in [0.4, 0.5) is 0 Å². The van der Waals surface area contributed by atoms with Gasteiger partial charge in [0.2, 0.25) is 5.78 Å². The maximum Gasteiger partial charge on any atom is 0.323 e. The first-order chi connectivity index (χ1) is 17.1. The Balaban J connectivity index is 1.86. The molecule has 0 aromatic heterocycles. The summed E-state index contributed by atoms with van der Waals surface area (Å²) in [4.78, 5) is 29.3. The Labute approximate surface area is 205 Å². The van der Waals surface area contributed by atoms with Gasteiger partial charge in [0.25, 0.3) is 0 Å². The topological polar surface area (TPSA) is 74.2 Å². The first-order valence-electron chi connectivity index (χ1n) is 11.6. The Morgan fingerprint density at radius 3 is 2.23 bits per heavy atom. The number of methoxy groups -OCH3 is 2. The second kappa shape index (κ2) is 10.8. The van der Waals surface area contributed by atoms with Gasteiger partial charge in [-0.25, -0.2) is 0 Å². The minimum absolute atomic E-state index is 0.0880. The summed E-state index contributed by atoms with van der Waals surface area (Å²) < 4.78 is 11.0. The van der Waals surface area contributed by atoms with Crippen molar-refractivity contribution in [3.63, 3.8) is 0 Å². The number of carbonyl (C=O) groups excluding carboxylic acids is 2. The van der Waals surface area contributed by atoms with Gasteiger partial charge in [-0.2, -0.15) is 0 Å². The van der Waals surface area contributed by atoms with Crippen molar-refractivity contribution >= 4 is 18.0 Å². The number of Topliss-reactive ketones (excluding diaryl/α,β-unsaturated/α-hetero) is 1. The van der Waals surface area contributed by atoms with Crippen LogP contribution in [0.1, 0.15) is 45.5 Å². The van der Waals surface area contributed by atoms with Crippen molar-refractivity contribution in [1.82, 2.24) is 0 Å². The number of ether oxygens (including phenoxy) is 2. The highest BCUT2D eigenvalue weighted by Crippen LogP contribution is 2.53. The van der Waals surface area contributed by atoms with E-state index in [9.17, 15) is 9.59 Å². The van der Waals surface area contributed by atoms with Gasteiger partial charge in [-0.05, 0) is 53.6 Å². The summed E-state index contributed by atoms with van der Waals surface area (Å²) >= 11 is 0. The smallest absolute Gasteiger partial charge is 0.323 e. The second-order valence-corrected chi connectivity index (χ2v) is 8.66. The van der Waals surface area contributed by atoms with Gasteiger partial charge in [0.15, 0.2) is 5.71 Å². The van der Waals surface area contributed by atoms with Crippen LogP contribution in [0.2, 0.25) is 0 Å². The summed E-state index contributed by atoms with van der Waals surface area (Å²) in [5, 5.41) is 3.88. The van der Waals surface area contributed by atoms with Gasteiger partial charge in [-0.15, -0.1) is 0 Å². The molecule has 0 radical (unpaired) electrons. The molecule has 0 unspecified atom stereocenters. The van der Waals surface area contributed by atoms with Crippen molar-refractivity contribution in [2.24, 2.45) is 5.16 Å². The van der Waals surface area contributed by atoms with Crippen LogP contribution in [-0.2, 0) is 24.5 Å². The van der Waals surface area contributed by atoms with Crippen LogP contribution < -0.4 is 0 Å². The third-order valence-electron chi connectivity index (χ3n) is 6.80. The fourth-order valence-electron chi connectivity index (χ4n) is 5.08. The molecule has 0 fully saturated rings. The van der Waals surface area contributed by atoms with E-state index in [0.29, 0.717) is 24.3 Å². The van der Waals surface area contributed by atoms with Crippen LogP contribution in [0, 0.1) is 6.92 Å². The Morgan fingerprint density at radius 1 is 0.886 bits per heavy atom. The number of benzene rings is 3. The van der Waals surface area contributed by atoms with Gasteiger partial charge in [0.1, 0.15) is 0 Å². The monoisotopic (exact) mass is 471 g/mol. The molecule has 6 heteroatoms. The molecular weight excluding hydrogens is 442 g/mol. The molecule has 0 saturated heterocycles. The lowest BCUT2D eigenvalue weighted by Gasteiger charge is -2.32. The molecule has 6 nitrogen and oxygen atoms in total. The predicted octanol–water partition coefficient (Wildman–Crippen LogP) is 5.09. The molecule has 3 aromatic carbocycles. The lowest BCUT2D eigenvalue weighted by Crippen LogP contribution is -2.29. The summed E-state index contributed by atoms with van der Waals surface area (Å²) in [5.74, 6) is -0.313. The molecule has 0 saturated carbocycles. The van der Waals surface area contributed by atoms with Crippen LogP contribution in [0.5, 0.6) is 0 Å². The summed E-state index contributed by atoms with van der Waals surface area (Å²) in [7, 11) is 3.40. The number of carbonyl (C=O) groups is 2. The first-order valence-corrected chi connectivity index (χ1v) is 11.6. The van der Waals surface area contributed by atoms with E-state index in [2.05, 4.69) is 17.3 Å². The lowest BCUT2D eigenvalue weighted by atomic mass is 9.72. The molecule has 3 aromatic rings. The summed E-state index contributed by atoms with van der Waals surface area (Å²) in [6, 6.07) is 21.5. The van der Waals surface area contributed by atoms with Crippen LogP contribution in [0.3, 0.4) is 0 Å². The van der Waals surface area contributed by atoms with Crippen molar-refractivity contribution in [2.45, 2.75) is 25.2 Å². The average Bonchev–Trinajstić information content (AvgIpc) is 3.16. The normalized spacial score (nSPS) is 13.7. The molecule has 4 rings (SSSR count). The molecule has 0 heterocycles. The van der Waals surface area contributed by atoms with Crippen molar-refractivity contribution in [1.29, 1.82) is 0 Å². The summed E-state index contributed by atoms with van der Waals surface area (Å²) in [6.07, 6.45) is 1.50. The van der Waals surface area contributed by atoms with E-state index in [1.807, 2.05) is 55.5 Å². The maximum atomic E-state index is 13.7. The zero-order valence-electron chi connectivity index (χ0n) is 20.2. The standard InChI is InChI=1S/C29H29NO5/c1-20-8-4-5-9-22(20)27(30-35-19-31)28(32)21-12-13-24-23-10-6-7-11-25(23)29(14-16-33-2,15-17-34-3)26(24)18-21/h4-13,18-19H,14-17H2,1-3H3/b30-27+. The van der Waals surface area contributed by atoms with Gasteiger partial charge in [-0.1, -0.05) is 65.8 Å². The maximum absolute atomic E-state index is 13.7. The summed E-state index contributed by atoms with van der Waals surface area (Å²) in [6.45, 7) is 3.24. The van der Waals surface area contributed by atoms with E-state index >= 15 is 0 Å². The largest absolute Gasteiger partial charge is 0.385 e. The minimum Gasteiger partial charge on any atom is -0.385 e. The molecule has 0 spiro atoms. The highest BCUT2D eigenvalue weighted by molar-refractivity contribution is 6.51. The summed E-state index contributed by atoms with van der Waals surface area (Å²) in [5.41, 5.74) is 6.23. The SMILES string of the molecule is COCCC1(CCOC)c2ccccc2-c2ccc(C(=O)/C(=N/OC=O)c3ccccc3C)cc21. The fraction of sp³-hybridized carbons (Fsp3) is 0.276. The number of rotatable bonds is 11. The second-order valence-electron chi connectivity index (χ2n) is 8.66. The number of hydrogen-bond acceptors (Lipinski definition) is 6. The van der Waals surface area contributed by atoms with Gasteiger partial charge < -0.3 is 14.3 Å². The van der Waals surface area contributed by atoms with E-state index in [1.165, 1.54) is 5.56 Å². The van der Waals surface area contributed by atoms with E-state index in [4.69, 9.17) is 14.3 Å². The van der Waals surface area contributed by atoms with Gasteiger partial charge in [-0.3, -0.25) is 9.59 Å². The number of oxime groups is 1. The molecule has 0 atom stereocenters. The van der Waals surface area contributed by atoms with Crippen molar-refractivity contribution in [2.75, 3.05) is 27.4 Å². The molecule has 180 valence electrons. The molecule has 35 heavy (non-hydrogen) atoms. The number of fused-ring (bicyclic) bond motifs is 3. The van der Waals surface area contributed by atoms with Crippen LogP contribution in [0.25, 0.3) is 11.1 Å². The van der Waals surface area contributed by atoms with E-state index in [0.717, 1.165) is 35.1 Å². The minimum atomic E-state index is -0.354. The Morgan fingerprint density at radius 2 is 1.54 bits per heavy atom. The Kier molecular flexibility index (Phi) is 7.54. The van der Waals surface area contributed by atoms with Crippen molar-refractivity contribution in [3.05, 3.63) is 94.5 Å². The quantitative estimate of drug-likeness (QED) is 0.128. The average molecular weight is 472 g/mol. The Hall–Kier alpha value is -3.61. The van der Waals surface area contributed by atoms with Gasteiger partial charge >= 0.3 is 6.47 Å². The fourth-order valence-corrected chi connectivity index (χ4v) is 5.08. The molecule has 1 aliphatic carbocycles. The van der Waals surface area contributed by atoms with Crippen molar-refractivity contribution in [3.8, 4) is 11.1 Å². The molecule has 0 N–H and O–H groups in total. The number of nitrogens with zero attached hydrogens (tertiary/aromatic N) is 1.